The van der Waals surface area contributed by atoms with Gasteiger partial charge < -0.3 is 18.9 Å². The molecule has 8 rings (SSSR count). The second-order valence-electron chi connectivity index (χ2n) is 14.5. The van der Waals surface area contributed by atoms with Crippen molar-refractivity contribution in [1.29, 1.82) is 0 Å². The number of nitrogens with zero attached hydrogens (tertiary/aromatic N) is 4. The molecular weight excluding hydrogens is 748 g/mol. The third-order valence-electron chi connectivity index (χ3n) is 10.8. The number of fused-ring (bicyclic) bond motifs is 4. The average molecular weight is 796 g/mol. The number of piperidine rings is 1. The van der Waals surface area contributed by atoms with Crippen molar-refractivity contribution in [3.8, 4) is 0 Å². The molecule has 3 unspecified atom stereocenters. The zero-order valence-electron chi connectivity index (χ0n) is 31.1. The van der Waals surface area contributed by atoms with Gasteiger partial charge in [0.25, 0.3) is 0 Å². The van der Waals surface area contributed by atoms with Crippen LogP contribution in [0.5, 0.6) is 0 Å². The zero-order valence-corrected chi connectivity index (χ0v) is 33.5. The number of carbonyl (C=O) groups is 1. The Balaban J connectivity index is 0.000000191. The maximum atomic E-state index is 12.5. The van der Waals surface area contributed by atoms with Crippen LogP contribution in [-0.2, 0) is 28.5 Å². The van der Waals surface area contributed by atoms with Gasteiger partial charge in [-0.2, -0.15) is 0 Å². The van der Waals surface area contributed by atoms with Crippen LogP contribution in [0, 0.1) is 5.92 Å². The number of hydrogen-bond donors (Lipinski definition) is 0. The van der Waals surface area contributed by atoms with Crippen LogP contribution in [-0.4, -0.2) is 79.3 Å². The number of aryl methyl sites for hydroxylation is 1. The van der Waals surface area contributed by atoms with Crippen LogP contribution < -0.4 is 0 Å². The average Bonchev–Trinajstić information content (AvgIpc) is 3.38. The number of pyridine rings is 1. The van der Waals surface area contributed by atoms with E-state index in [1.54, 1.807) is 12.3 Å². The van der Waals surface area contributed by atoms with Gasteiger partial charge in [0.1, 0.15) is 5.60 Å². The molecule has 276 valence electrons. The molecular formula is C44H48BrClN4O3. The van der Waals surface area contributed by atoms with Crippen molar-refractivity contribution in [2.45, 2.75) is 30.9 Å². The number of benzene rings is 3. The largest absolute Gasteiger partial charge is 0.462 e. The fourth-order valence-corrected chi connectivity index (χ4v) is 8.78. The summed E-state index contributed by atoms with van der Waals surface area (Å²) >= 11 is 3.35. The van der Waals surface area contributed by atoms with Gasteiger partial charge >= 0.3 is 5.97 Å². The number of halogens is 2. The smallest absolute Gasteiger partial charge is 0.339 e. The van der Waals surface area contributed by atoms with Gasteiger partial charge in [0.15, 0.2) is 0 Å². The van der Waals surface area contributed by atoms with E-state index in [9.17, 15) is 4.79 Å². The molecule has 53 heavy (non-hydrogen) atoms. The van der Waals surface area contributed by atoms with E-state index >= 15 is 0 Å². The Kier molecular flexibility index (Phi) is 12.1. The minimum atomic E-state index is -0.421. The lowest BCUT2D eigenvalue weighted by molar-refractivity contribution is -0.131. The molecule has 3 heterocycles. The lowest BCUT2D eigenvalue weighted by atomic mass is 9.69. The van der Waals surface area contributed by atoms with E-state index in [1.165, 1.54) is 56.1 Å². The van der Waals surface area contributed by atoms with Crippen LogP contribution >= 0.6 is 28.3 Å². The molecule has 1 saturated heterocycles. The third-order valence-corrected chi connectivity index (χ3v) is 11.2. The highest BCUT2D eigenvalue weighted by atomic mass is 79.9. The van der Waals surface area contributed by atoms with Crippen molar-refractivity contribution in [3.05, 3.63) is 141 Å². The van der Waals surface area contributed by atoms with Crippen LogP contribution in [0.2, 0.25) is 0 Å². The molecule has 3 atom stereocenters. The summed E-state index contributed by atoms with van der Waals surface area (Å²) in [5.41, 5.74) is 10.5. The van der Waals surface area contributed by atoms with Crippen molar-refractivity contribution >= 4 is 62.9 Å². The molecule has 0 amide bonds. The number of hydrogen-bond acceptors (Lipinski definition) is 6. The Morgan fingerprint density at radius 1 is 1.00 bits per heavy atom. The van der Waals surface area contributed by atoms with E-state index in [0.29, 0.717) is 12.2 Å². The number of ether oxygens (including phenoxy) is 2. The van der Waals surface area contributed by atoms with Crippen molar-refractivity contribution in [2.75, 3.05) is 47.9 Å². The molecule has 7 nitrogen and oxygen atoms in total. The number of carbonyl (C=O) groups excluding carboxylic acids is 1. The van der Waals surface area contributed by atoms with E-state index in [4.69, 9.17) is 9.47 Å². The highest BCUT2D eigenvalue weighted by Crippen LogP contribution is 2.49. The maximum absolute atomic E-state index is 12.5. The van der Waals surface area contributed by atoms with Gasteiger partial charge in [0, 0.05) is 73.2 Å². The fraction of sp³-hybridized carbons (Fsp3) is 0.318. The molecule has 0 radical (unpaired) electrons. The summed E-state index contributed by atoms with van der Waals surface area (Å²) in [4.78, 5) is 21.2. The van der Waals surface area contributed by atoms with Crippen molar-refractivity contribution in [2.24, 2.45) is 13.0 Å². The monoisotopic (exact) mass is 794 g/mol. The molecule has 1 fully saturated rings. The molecule has 0 bridgehead atoms. The van der Waals surface area contributed by atoms with Crippen LogP contribution in [0.3, 0.4) is 0 Å². The van der Waals surface area contributed by atoms with E-state index in [0.717, 1.165) is 36.8 Å². The summed E-state index contributed by atoms with van der Waals surface area (Å²) in [7, 11) is 10.3. The number of likely N-dealkylation sites (N-methyl/N-ethyl adjacent to an activating group) is 1. The Labute approximate surface area is 327 Å². The van der Waals surface area contributed by atoms with Gasteiger partial charge in [-0.3, -0.25) is 9.88 Å². The first-order valence-corrected chi connectivity index (χ1v) is 18.8. The van der Waals surface area contributed by atoms with Crippen molar-refractivity contribution in [3.63, 3.8) is 0 Å². The standard InChI is InChI=1S/C24H26BrN3O3.C20H21N.ClH/c1-27-13-17-8-21-24(30-3,19-5-4-6-20(27)22(17)19)9-15(12-28(21)2)14-31-23(29)16-7-18(25)11-26-10-16;1-21(2)15-7-12-20-18-10-5-3-8-16(18)13-14-17-9-4-6-11-19(17)20;/h4-7,10-11,13,15,21H,8-9,12,14H2,1-3H3;3-6,8-14H,7,15H2,1-2H3;1H. The second kappa shape index (κ2) is 16.5. The summed E-state index contributed by atoms with van der Waals surface area (Å²) in [5.74, 6) is -0.174. The van der Waals surface area contributed by atoms with Gasteiger partial charge in [-0.25, -0.2) is 4.79 Å². The second-order valence-corrected chi connectivity index (χ2v) is 15.4. The van der Waals surface area contributed by atoms with Crippen LogP contribution in [0.4, 0.5) is 0 Å². The summed E-state index contributed by atoms with van der Waals surface area (Å²) in [6.45, 7) is 2.28. The highest BCUT2D eigenvalue weighted by molar-refractivity contribution is 9.10. The molecule has 5 aromatic rings. The predicted molar refractivity (Wildman–Crippen MR) is 221 cm³/mol. The number of likely N-dealkylation sites (tertiary alicyclic amines) is 1. The highest BCUT2D eigenvalue weighted by Gasteiger charge is 2.52. The van der Waals surface area contributed by atoms with Gasteiger partial charge in [-0.1, -0.05) is 78.9 Å². The SMILES string of the molecule is CN(C)CCC=C1c2ccccc2C=Cc2ccccc21.COC12CC(COC(=O)c3cncc(Br)c3)CN(C)C1Cc1cn(C)c3cccc2c13.Cl. The molecule has 3 aliphatic rings. The molecule has 9 heteroatoms. The lowest BCUT2D eigenvalue weighted by Crippen LogP contribution is -2.59. The minimum absolute atomic E-state index is 0. The van der Waals surface area contributed by atoms with Crippen molar-refractivity contribution < 1.29 is 14.3 Å². The fourth-order valence-electron chi connectivity index (χ4n) is 8.41. The Bertz CT molecular complexity index is 2110. The number of aromatic nitrogens is 2. The number of esters is 1. The molecule has 0 saturated carbocycles. The van der Waals surface area contributed by atoms with E-state index in [-0.39, 0.29) is 30.3 Å². The van der Waals surface area contributed by atoms with Gasteiger partial charge in [0.05, 0.1) is 12.2 Å². The van der Waals surface area contributed by atoms with Crippen LogP contribution in [0.15, 0.2) is 102 Å². The van der Waals surface area contributed by atoms with Crippen LogP contribution in [0.25, 0.3) is 28.6 Å². The molecule has 3 aromatic carbocycles. The molecule has 0 N–H and O–H groups in total. The number of rotatable bonds is 7. The summed E-state index contributed by atoms with van der Waals surface area (Å²) in [6, 6.07) is 25.8. The minimum Gasteiger partial charge on any atom is -0.462 e. The third kappa shape index (κ3) is 7.80. The molecule has 0 spiro atoms. The molecule has 1 aliphatic heterocycles. The van der Waals surface area contributed by atoms with Crippen molar-refractivity contribution in [1.82, 2.24) is 19.4 Å². The Morgan fingerprint density at radius 2 is 1.70 bits per heavy atom. The summed E-state index contributed by atoms with van der Waals surface area (Å²) in [5, 5.41) is 1.31. The summed E-state index contributed by atoms with van der Waals surface area (Å²) < 4.78 is 15.0. The van der Waals surface area contributed by atoms with Gasteiger partial charge in [-0.05, 0) is 107 Å². The summed E-state index contributed by atoms with van der Waals surface area (Å²) in [6.07, 6.45) is 15.1. The Hall–Kier alpha value is -4.05. The van der Waals surface area contributed by atoms with Crippen LogP contribution in [0.1, 0.15) is 56.6 Å². The van der Waals surface area contributed by atoms with E-state index in [2.05, 4.69) is 155 Å². The molecule has 2 aliphatic carbocycles. The zero-order chi connectivity index (χ0) is 36.4. The topological polar surface area (TPSA) is 59.8 Å². The number of methoxy groups -OCH3 is 1. The van der Waals surface area contributed by atoms with Gasteiger partial charge in [0.2, 0.25) is 0 Å². The maximum Gasteiger partial charge on any atom is 0.339 e. The quantitative estimate of drug-likeness (QED) is 0.151. The van der Waals surface area contributed by atoms with E-state index in [1.807, 2.05) is 7.11 Å². The Morgan fingerprint density at radius 3 is 2.36 bits per heavy atom. The predicted octanol–water partition coefficient (Wildman–Crippen LogP) is 8.89. The molecule has 2 aromatic heterocycles. The normalized spacial score (nSPS) is 19.9. The first-order chi connectivity index (χ1) is 25.2. The first kappa shape index (κ1) is 38.7. The van der Waals surface area contributed by atoms with Gasteiger partial charge in [-0.15, -0.1) is 12.4 Å². The van der Waals surface area contributed by atoms with E-state index < -0.39 is 5.60 Å². The first-order valence-electron chi connectivity index (χ1n) is 18.0. The lowest BCUT2D eigenvalue weighted by Gasteiger charge is -2.53.